The van der Waals surface area contributed by atoms with Gasteiger partial charge in [-0.15, -0.1) is 0 Å². The predicted octanol–water partition coefficient (Wildman–Crippen LogP) is 3.16. The van der Waals surface area contributed by atoms with Crippen molar-refractivity contribution >= 4 is 11.8 Å². The van der Waals surface area contributed by atoms with E-state index in [2.05, 4.69) is 20.6 Å². The number of anilines is 2. The van der Waals surface area contributed by atoms with Crippen molar-refractivity contribution < 1.29 is 14.2 Å². The first-order valence-electron chi connectivity index (χ1n) is 9.99. The average Bonchev–Trinajstić information content (AvgIpc) is 2.72. The van der Waals surface area contributed by atoms with Crippen LogP contribution >= 0.6 is 0 Å². The highest BCUT2D eigenvalue weighted by atomic mass is 19.1. The van der Waals surface area contributed by atoms with Gasteiger partial charge < -0.3 is 25.4 Å². The molecule has 0 saturated heterocycles. The summed E-state index contributed by atoms with van der Waals surface area (Å²) in [6.45, 7) is 1.42. The Kier molecular flexibility index (Phi) is 7.09. The minimum atomic E-state index is -0.659. The van der Waals surface area contributed by atoms with Gasteiger partial charge in [-0.05, 0) is 61.9 Å². The van der Waals surface area contributed by atoms with Crippen LogP contribution in [0.1, 0.15) is 31.2 Å². The van der Waals surface area contributed by atoms with E-state index in [4.69, 9.17) is 4.74 Å². The molecule has 1 fully saturated rings. The molecular formula is C21H30FN5O2. The number of benzene rings is 1. The minimum Gasteiger partial charge on any atom is -0.502 e. The summed E-state index contributed by atoms with van der Waals surface area (Å²) in [6.07, 6.45) is 6.16. The van der Waals surface area contributed by atoms with E-state index in [1.165, 1.54) is 13.2 Å². The summed E-state index contributed by atoms with van der Waals surface area (Å²) in [4.78, 5) is 10.8. The Bertz CT molecular complexity index is 810. The van der Waals surface area contributed by atoms with Gasteiger partial charge in [0.25, 0.3) is 0 Å². The molecule has 1 aliphatic rings. The van der Waals surface area contributed by atoms with E-state index < -0.39 is 11.6 Å². The summed E-state index contributed by atoms with van der Waals surface area (Å²) >= 11 is 0. The first-order chi connectivity index (χ1) is 14.0. The number of rotatable bonds is 8. The number of phenols is 1. The summed E-state index contributed by atoms with van der Waals surface area (Å²) in [7, 11) is 5.35. The highest BCUT2D eigenvalue weighted by Gasteiger charge is 2.21. The smallest absolute Gasteiger partial charge is 0.224 e. The van der Waals surface area contributed by atoms with Crippen LogP contribution in [-0.4, -0.2) is 48.9 Å². The van der Waals surface area contributed by atoms with E-state index in [1.54, 1.807) is 12.3 Å². The van der Waals surface area contributed by atoms with Crippen molar-refractivity contribution in [3.8, 4) is 11.5 Å². The number of nitrogens with zero attached hydrogens (tertiary/aromatic N) is 3. The highest BCUT2D eigenvalue weighted by molar-refractivity contribution is 5.43. The maximum atomic E-state index is 13.7. The number of hydrogen-bond donors (Lipinski definition) is 3. The standard InChI is InChI=1S/C21H30FN5O2/c1-27(2)19-8-9-24-21(26-19)25-16-6-4-14(5-7-16)12-23-13-15-10-17(22)20(28)18(11-15)29-3/h8-11,14,16,23,28H,4-7,12-13H2,1-3H3,(H,24,25,26). The van der Waals surface area contributed by atoms with Crippen molar-refractivity contribution in [2.45, 2.75) is 38.3 Å². The van der Waals surface area contributed by atoms with Crippen molar-refractivity contribution in [1.82, 2.24) is 15.3 Å². The lowest BCUT2D eigenvalue weighted by molar-refractivity contribution is 0.323. The van der Waals surface area contributed by atoms with E-state index in [-0.39, 0.29) is 5.75 Å². The van der Waals surface area contributed by atoms with Crippen molar-refractivity contribution in [2.24, 2.45) is 5.92 Å². The molecule has 1 aromatic carbocycles. The topological polar surface area (TPSA) is 82.5 Å². The van der Waals surface area contributed by atoms with Crippen molar-refractivity contribution in [3.63, 3.8) is 0 Å². The molecule has 29 heavy (non-hydrogen) atoms. The molecule has 0 spiro atoms. The molecule has 0 amide bonds. The van der Waals surface area contributed by atoms with E-state index in [1.807, 2.05) is 25.1 Å². The van der Waals surface area contributed by atoms with Crippen LogP contribution in [0, 0.1) is 11.7 Å². The largest absolute Gasteiger partial charge is 0.502 e. The maximum Gasteiger partial charge on any atom is 0.224 e. The normalized spacial score (nSPS) is 19.0. The van der Waals surface area contributed by atoms with Crippen molar-refractivity contribution in [2.75, 3.05) is 38.0 Å². The lowest BCUT2D eigenvalue weighted by Crippen LogP contribution is -2.31. The Labute approximate surface area is 171 Å². The van der Waals surface area contributed by atoms with Crippen LogP contribution in [0.15, 0.2) is 24.4 Å². The lowest BCUT2D eigenvalue weighted by atomic mass is 9.86. The molecule has 0 atom stereocenters. The third-order valence-corrected chi connectivity index (χ3v) is 5.35. The number of methoxy groups -OCH3 is 1. The lowest BCUT2D eigenvalue weighted by Gasteiger charge is -2.29. The summed E-state index contributed by atoms with van der Waals surface area (Å²) in [5, 5.41) is 16.4. The molecule has 0 unspecified atom stereocenters. The fourth-order valence-corrected chi connectivity index (χ4v) is 3.67. The SMILES string of the molecule is COc1cc(CNCC2CCC(Nc3nccc(N(C)C)n3)CC2)cc(F)c1O. The van der Waals surface area contributed by atoms with Gasteiger partial charge in [0.15, 0.2) is 17.3 Å². The molecule has 7 nitrogen and oxygen atoms in total. The molecular weight excluding hydrogens is 373 g/mol. The molecule has 0 radical (unpaired) electrons. The number of phenolic OH excluding ortho intramolecular Hbond substituents is 1. The Balaban J connectivity index is 1.42. The first-order valence-corrected chi connectivity index (χ1v) is 9.99. The first kappa shape index (κ1) is 21.1. The van der Waals surface area contributed by atoms with Gasteiger partial charge in [-0.3, -0.25) is 0 Å². The summed E-state index contributed by atoms with van der Waals surface area (Å²) < 4.78 is 18.7. The molecule has 1 aromatic heterocycles. The Morgan fingerprint density at radius 2 is 2.00 bits per heavy atom. The Hall–Kier alpha value is -2.61. The number of nitrogens with one attached hydrogen (secondary N) is 2. The molecule has 2 aromatic rings. The number of halogens is 1. The van der Waals surface area contributed by atoms with Gasteiger partial charge in [0.2, 0.25) is 5.95 Å². The molecule has 1 aliphatic carbocycles. The van der Waals surface area contributed by atoms with Gasteiger partial charge in [0.05, 0.1) is 7.11 Å². The molecule has 3 N–H and O–H groups in total. The zero-order valence-corrected chi connectivity index (χ0v) is 17.3. The number of ether oxygens (including phenoxy) is 1. The van der Waals surface area contributed by atoms with Gasteiger partial charge in [-0.1, -0.05) is 0 Å². The van der Waals surface area contributed by atoms with Crippen LogP contribution in [-0.2, 0) is 6.54 Å². The van der Waals surface area contributed by atoms with Crippen LogP contribution in [0.4, 0.5) is 16.2 Å². The van der Waals surface area contributed by atoms with Crippen LogP contribution in [0.2, 0.25) is 0 Å². The van der Waals surface area contributed by atoms with E-state index in [0.717, 1.165) is 43.6 Å². The van der Waals surface area contributed by atoms with Crippen molar-refractivity contribution in [3.05, 3.63) is 35.8 Å². The summed E-state index contributed by atoms with van der Waals surface area (Å²) in [6, 6.07) is 5.28. The van der Waals surface area contributed by atoms with Crippen LogP contribution < -0.4 is 20.3 Å². The Morgan fingerprint density at radius 1 is 1.24 bits per heavy atom. The third-order valence-electron chi connectivity index (χ3n) is 5.35. The minimum absolute atomic E-state index is 0.161. The maximum absolute atomic E-state index is 13.7. The van der Waals surface area contributed by atoms with Crippen LogP contribution in [0.3, 0.4) is 0 Å². The zero-order chi connectivity index (χ0) is 20.8. The number of aromatic hydroxyl groups is 1. The van der Waals surface area contributed by atoms with E-state index >= 15 is 0 Å². The second-order valence-corrected chi connectivity index (χ2v) is 7.75. The second kappa shape index (κ2) is 9.73. The van der Waals surface area contributed by atoms with Gasteiger partial charge in [-0.2, -0.15) is 4.98 Å². The molecule has 0 bridgehead atoms. The van der Waals surface area contributed by atoms with Gasteiger partial charge in [0, 0.05) is 32.9 Å². The van der Waals surface area contributed by atoms with Crippen molar-refractivity contribution in [1.29, 1.82) is 0 Å². The number of aromatic nitrogens is 2. The quantitative estimate of drug-likeness (QED) is 0.624. The fourth-order valence-electron chi connectivity index (χ4n) is 3.67. The van der Waals surface area contributed by atoms with Gasteiger partial charge in [-0.25, -0.2) is 9.37 Å². The van der Waals surface area contributed by atoms with Crippen LogP contribution in [0.5, 0.6) is 11.5 Å². The monoisotopic (exact) mass is 403 g/mol. The third kappa shape index (κ3) is 5.69. The fraction of sp³-hybridized carbons (Fsp3) is 0.524. The van der Waals surface area contributed by atoms with Crippen LogP contribution in [0.25, 0.3) is 0 Å². The van der Waals surface area contributed by atoms with Gasteiger partial charge in [0.1, 0.15) is 5.82 Å². The second-order valence-electron chi connectivity index (χ2n) is 7.75. The molecule has 1 saturated carbocycles. The molecule has 158 valence electrons. The number of hydrogen-bond acceptors (Lipinski definition) is 7. The molecule has 3 rings (SSSR count). The zero-order valence-electron chi connectivity index (χ0n) is 17.3. The Morgan fingerprint density at radius 3 is 2.69 bits per heavy atom. The molecule has 0 aliphatic heterocycles. The molecule has 8 heteroatoms. The van der Waals surface area contributed by atoms with Gasteiger partial charge >= 0.3 is 0 Å². The summed E-state index contributed by atoms with van der Waals surface area (Å²) in [5.74, 6) is 1.22. The summed E-state index contributed by atoms with van der Waals surface area (Å²) in [5.41, 5.74) is 0.755. The van der Waals surface area contributed by atoms with E-state index in [9.17, 15) is 9.50 Å². The predicted molar refractivity (Wildman–Crippen MR) is 112 cm³/mol. The van der Waals surface area contributed by atoms with E-state index in [0.29, 0.717) is 24.5 Å². The molecule has 1 heterocycles. The highest BCUT2D eigenvalue weighted by Crippen LogP contribution is 2.30. The average molecular weight is 404 g/mol.